The molecule has 3 aromatic rings. The van der Waals surface area contributed by atoms with Crippen LogP contribution < -0.4 is 14.8 Å². The molecule has 0 saturated carbocycles. The molecule has 134 valence electrons. The smallest absolute Gasteiger partial charge is 0.166 e. The van der Waals surface area contributed by atoms with Crippen LogP contribution in [0.1, 0.15) is 16.7 Å². The highest BCUT2D eigenvalue weighted by molar-refractivity contribution is 9.10. The Morgan fingerprint density at radius 1 is 0.846 bits per heavy atom. The van der Waals surface area contributed by atoms with Crippen LogP contribution in [0.2, 0.25) is 0 Å². The number of methoxy groups -OCH3 is 1. The maximum absolute atomic E-state index is 6.12. The molecule has 0 fully saturated rings. The molecule has 0 radical (unpaired) electrons. The SMILES string of the molecule is COc1cc(Br)cc(CNCc2ccccc2)c1OCc1ccccc1. The summed E-state index contributed by atoms with van der Waals surface area (Å²) in [6, 6.07) is 24.5. The molecule has 4 heteroatoms. The second-order valence-electron chi connectivity index (χ2n) is 5.96. The van der Waals surface area contributed by atoms with Gasteiger partial charge in [0, 0.05) is 23.1 Å². The van der Waals surface area contributed by atoms with Crippen molar-refractivity contribution in [2.24, 2.45) is 0 Å². The molecule has 0 saturated heterocycles. The Bertz CT molecular complexity index is 822. The van der Waals surface area contributed by atoms with Crippen LogP contribution in [0.4, 0.5) is 0 Å². The van der Waals surface area contributed by atoms with Gasteiger partial charge in [-0.05, 0) is 23.3 Å². The van der Waals surface area contributed by atoms with Crippen molar-refractivity contribution in [2.75, 3.05) is 7.11 Å². The molecular formula is C22H22BrNO2. The molecule has 0 aliphatic heterocycles. The molecule has 26 heavy (non-hydrogen) atoms. The molecule has 0 heterocycles. The minimum Gasteiger partial charge on any atom is -0.493 e. The Labute approximate surface area is 163 Å². The normalized spacial score (nSPS) is 10.5. The van der Waals surface area contributed by atoms with Crippen LogP contribution in [0.3, 0.4) is 0 Å². The highest BCUT2D eigenvalue weighted by Gasteiger charge is 2.13. The van der Waals surface area contributed by atoms with Gasteiger partial charge in [0.25, 0.3) is 0 Å². The van der Waals surface area contributed by atoms with Gasteiger partial charge in [-0.1, -0.05) is 76.6 Å². The van der Waals surface area contributed by atoms with E-state index >= 15 is 0 Å². The summed E-state index contributed by atoms with van der Waals surface area (Å²) in [5.74, 6) is 1.51. The number of ether oxygens (including phenoxy) is 2. The lowest BCUT2D eigenvalue weighted by atomic mass is 10.1. The molecule has 3 nitrogen and oxygen atoms in total. The molecule has 0 spiro atoms. The fraction of sp³-hybridized carbons (Fsp3) is 0.182. The summed E-state index contributed by atoms with van der Waals surface area (Å²) in [5, 5.41) is 3.48. The Kier molecular flexibility index (Phi) is 6.69. The standard InChI is InChI=1S/C22H22BrNO2/c1-25-21-13-20(23)12-19(15-24-14-17-8-4-2-5-9-17)22(21)26-16-18-10-6-3-7-11-18/h2-13,24H,14-16H2,1H3. The van der Waals surface area contributed by atoms with E-state index in [2.05, 4.69) is 51.6 Å². The van der Waals surface area contributed by atoms with Crippen molar-refractivity contribution in [3.63, 3.8) is 0 Å². The first kappa shape index (κ1) is 18.5. The van der Waals surface area contributed by atoms with Gasteiger partial charge in [0.15, 0.2) is 11.5 Å². The quantitative estimate of drug-likeness (QED) is 0.543. The molecule has 1 N–H and O–H groups in total. The number of benzene rings is 3. The Hall–Kier alpha value is -2.30. The molecule has 0 aliphatic rings. The molecule has 0 bridgehead atoms. The van der Waals surface area contributed by atoms with Crippen molar-refractivity contribution >= 4 is 15.9 Å². The van der Waals surface area contributed by atoms with E-state index in [-0.39, 0.29) is 0 Å². The van der Waals surface area contributed by atoms with E-state index in [0.29, 0.717) is 13.2 Å². The summed E-state index contributed by atoms with van der Waals surface area (Å²) >= 11 is 3.56. The van der Waals surface area contributed by atoms with Crippen molar-refractivity contribution in [3.8, 4) is 11.5 Å². The molecule has 0 aromatic heterocycles. The topological polar surface area (TPSA) is 30.5 Å². The predicted molar refractivity (Wildman–Crippen MR) is 108 cm³/mol. The minimum absolute atomic E-state index is 0.504. The van der Waals surface area contributed by atoms with E-state index in [1.54, 1.807) is 7.11 Å². The van der Waals surface area contributed by atoms with Gasteiger partial charge in [-0.3, -0.25) is 0 Å². The van der Waals surface area contributed by atoms with E-state index < -0.39 is 0 Å². The van der Waals surface area contributed by atoms with Crippen LogP contribution in [0, 0.1) is 0 Å². The van der Waals surface area contributed by atoms with Crippen LogP contribution >= 0.6 is 15.9 Å². The lowest BCUT2D eigenvalue weighted by molar-refractivity contribution is 0.280. The summed E-state index contributed by atoms with van der Waals surface area (Å²) in [5.41, 5.74) is 3.44. The van der Waals surface area contributed by atoms with Crippen molar-refractivity contribution in [3.05, 3.63) is 94.0 Å². The van der Waals surface area contributed by atoms with Gasteiger partial charge >= 0.3 is 0 Å². The predicted octanol–water partition coefficient (Wildman–Crippen LogP) is 5.33. The summed E-state index contributed by atoms with van der Waals surface area (Å²) in [6.45, 7) is 1.99. The van der Waals surface area contributed by atoms with E-state index in [4.69, 9.17) is 9.47 Å². The largest absolute Gasteiger partial charge is 0.493 e. The summed E-state index contributed by atoms with van der Waals surface area (Å²) in [4.78, 5) is 0. The molecule has 3 rings (SSSR count). The van der Waals surface area contributed by atoms with Gasteiger partial charge in [0.1, 0.15) is 6.61 Å². The van der Waals surface area contributed by atoms with E-state index in [1.807, 2.05) is 42.5 Å². The van der Waals surface area contributed by atoms with Gasteiger partial charge in [-0.15, -0.1) is 0 Å². The molecule has 3 aromatic carbocycles. The monoisotopic (exact) mass is 411 g/mol. The van der Waals surface area contributed by atoms with E-state index in [9.17, 15) is 0 Å². The fourth-order valence-corrected chi connectivity index (χ4v) is 3.22. The second-order valence-corrected chi connectivity index (χ2v) is 6.88. The summed E-state index contributed by atoms with van der Waals surface area (Å²) in [6.07, 6.45) is 0. The van der Waals surface area contributed by atoms with E-state index in [1.165, 1.54) is 5.56 Å². The first-order chi connectivity index (χ1) is 12.8. The zero-order valence-electron chi connectivity index (χ0n) is 14.7. The average Bonchev–Trinajstić information content (AvgIpc) is 2.68. The fourth-order valence-electron chi connectivity index (χ4n) is 2.74. The van der Waals surface area contributed by atoms with Crippen molar-refractivity contribution in [1.82, 2.24) is 5.32 Å². The Morgan fingerprint density at radius 3 is 2.15 bits per heavy atom. The summed E-state index contributed by atoms with van der Waals surface area (Å²) < 4.78 is 12.6. The highest BCUT2D eigenvalue weighted by atomic mass is 79.9. The number of halogens is 1. The number of hydrogen-bond acceptors (Lipinski definition) is 3. The third kappa shape index (κ3) is 5.10. The third-order valence-electron chi connectivity index (χ3n) is 4.03. The zero-order chi connectivity index (χ0) is 18.2. The van der Waals surface area contributed by atoms with E-state index in [0.717, 1.165) is 33.6 Å². The molecule has 0 amide bonds. The van der Waals surface area contributed by atoms with Gasteiger partial charge in [0.05, 0.1) is 7.11 Å². The van der Waals surface area contributed by atoms with Gasteiger partial charge in [-0.25, -0.2) is 0 Å². The van der Waals surface area contributed by atoms with Crippen LogP contribution in [0.5, 0.6) is 11.5 Å². The number of rotatable bonds is 8. The molecule has 0 atom stereocenters. The molecular weight excluding hydrogens is 390 g/mol. The van der Waals surface area contributed by atoms with Gasteiger partial charge in [0.2, 0.25) is 0 Å². The lowest BCUT2D eigenvalue weighted by Crippen LogP contribution is -2.14. The van der Waals surface area contributed by atoms with Crippen molar-refractivity contribution < 1.29 is 9.47 Å². The van der Waals surface area contributed by atoms with Crippen molar-refractivity contribution in [1.29, 1.82) is 0 Å². The van der Waals surface area contributed by atoms with Crippen molar-refractivity contribution in [2.45, 2.75) is 19.7 Å². The minimum atomic E-state index is 0.504. The maximum atomic E-state index is 6.12. The lowest BCUT2D eigenvalue weighted by Gasteiger charge is -2.16. The molecule has 0 unspecified atom stereocenters. The highest BCUT2D eigenvalue weighted by Crippen LogP contribution is 2.35. The van der Waals surface area contributed by atoms with Crippen LogP contribution in [0.15, 0.2) is 77.3 Å². The average molecular weight is 412 g/mol. The third-order valence-corrected chi connectivity index (χ3v) is 4.49. The first-order valence-electron chi connectivity index (χ1n) is 8.54. The van der Waals surface area contributed by atoms with Gasteiger partial charge < -0.3 is 14.8 Å². The van der Waals surface area contributed by atoms with Crippen LogP contribution in [-0.4, -0.2) is 7.11 Å². The Morgan fingerprint density at radius 2 is 1.50 bits per heavy atom. The first-order valence-corrected chi connectivity index (χ1v) is 9.33. The Balaban J connectivity index is 1.73. The molecule has 0 aliphatic carbocycles. The second kappa shape index (κ2) is 9.41. The van der Waals surface area contributed by atoms with Gasteiger partial charge in [-0.2, -0.15) is 0 Å². The number of nitrogens with one attached hydrogen (secondary N) is 1. The van der Waals surface area contributed by atoms with Crippen LogP contribution in [-0.2, 0) is 19.7 Å². The maximum Gasteiger partial charge on any atom is 0.166 e. The summed E-state index contributed by atoms with van der Waals surface area (Å²) in [7, 11) is 1.67. The van der Waals surface area contributed by atoms with Crippen LogP contribution in [0.25, 0.3) is 0 Å². The zero-order valence-corrected chi connectivity index (χ0v) is 16.3. The number of hydrogen-bond donors (Lipinski definition) is 1.